The first-order valence-electron chi connectivity index (χ1n) is 22.3. The first-order valence-corrected chi connectivity index (χ1v) is 28.1. The summed E-state index contributed by atoms with van der Waals surface area (Å²) in [6.45, 7) is 32.0. The Morgan fingerprint density at radius 3 is 1.94 bits per heavy atom. The fraction of sp³-hybridized carbons (Fsp3) is 0.549. The average molecular weight is 909 g/mol. The number of allylic oxidation sites excluding steroid dienone is 8. The third-order valence-electron chi connectivity index (χ3n) is 12.9. The van der Waals surface area contributed by atoms with E-state index in [1.807, 2.05) is 24.3 Å². The molecule has 11 nitrogen and oxygen atoms in total. The van der Waals surface area contributed by atoms with Crippen LogP contribution in [0, 0.1) is 39.4 Å². The molecule has 346 valence electrons. The van der Waals surface area contributed by atoms with Gasteiger partial charge in [0.1, 0.15) is 29.4 Å². The van der Waals surface area contributed by atoms with E-state index in [1.54, 1.807) is 13.0 Å². The van der Waals surface area contributed by atoms with Crippen molar-refractivity contribution in [3.05, 3.63) is 93.8 Å². The Morgan fingerprint density at radius 1 is 0.844 bits per heavy atom. The number of benzene rings is 1. The number of nitrogens with zero attached hydrogens (tertiary/aromatic N) is 4. The van der Waals surface area contributed by atoms with Crippen LogP contribution in [0.3, 0.4) is 0 Å². The van der Waals surface area contributed by atoms with Gasteiger partial charge in [-0.1, -0.05) is 104 Å². The van der Waals surface area contributed by atoms with Crippen LogP contribution in [0.1, 0.15) is 106 Å². The molecule has 1 unspecified atom stereocenters. The fourth-order valence-corrected chi connectivity index (χ4v) is 9.14. The maximum atomic E-state index is 12.0. The molecule has 0 fully saturated rings. The van der Waals surface area contributed by atoms with Crippen LogP contribution in [-0.4, -0.2) is 72.2 Å². The number of carbonyl (C=O) groups is 2. The minimum absolute atomic E-state index is 0.00815. The first-order chi connectivity index (χ1) is 29.7. The van der Waals surface area contributed by atoms with Crippen molar-refractivity contribution in [2.45, 2.75) is 143 Å². The Hall–Kier alpha value is -4.98. The van der Waals surface area contributed by atoms with Crippen LogP contribution < -0.4 is 4.90 Å². The van der Waals surface area contributed by atoms with Gasteiger partial charge in [0.05, 0.1) is 32.7 Å². The highest BCUT2D eigenvalue weighted by atomic mass is 28.4. The van der Waals surface area contributed by atoms with Gasteiger partial charge in [-0.05, 0) is 103 Å². The number of ether oxygens (including phenoxy) is 2. The molecule has 1 atom stereocenters. The Labute approximate surface area is 385 Å². The van der Waals surface area contributed by atoms with Crippen molar-refractivity contribution in [2.24, 2.45) is 5.41 Å². The molecule has 0 saturated heterocycles. The molecule has 1 N–H and O–H groups in total. The Balaban J connectivity index is 1.85. The van der Waals surface area contributed by atoms with Crippen LogP contribution >= 0.6 is 0 Å². The SMILES string of the molecule is CC1(C)CC(/C=C/c2ccc(N(CCO[Si](C)(C)C(C)(C)C)CCO[Si](C)(C)C(C)(C)C)cc2)=CC(=C/C=C/C2=C(C#N)C(=C(C#N)C#N)OC2(C)CCCOC(=O)CCC(=O)O)/C1. The normalized spacial score (nSPS) is 18.7. The van der Waals surface area contributed by atoms with E-state index in [0.717, 1.165) is 42.8 Å². The van der Waals surface area contributed by atoms with Gasteiger partial charge in [0, 0.05) is 24.4 Å². The molecule has 0 spiro atoms. The van der Waals surface area contributed by atoms with Crippen LogP contribution in [0.25, 0.3) is 6.08 Å². The summed E-state index contributed by atoms with van der Waals surface area (Å²) in [5.74, 6) is -1.78. The van der Waals surface area contributed by atoms with E-state index >= 15 is 0 Å². The molecule has 1 aromatic rings. The second kappa shape index (κ2) is 22.3. The summed E-state index contributed by atoms with van der Waals surface area (Å²) in [5.41, 5.74) is 3.73. The van der Waals surface area contributed by atoms with Gasteiger partial charge in [-0.3, -0.25) is 9.59 Å². The van der Waals surface area contributed by atoms with Crippen LogP contribution in [0.5, 0.6) is 0 Å². The molecule has 1 aromatic carbocycles. The summed E-state index contributed by atoms with van der Waals surface area (Å²) in [6, 6.07) is 14.5. The predicted molar refractivity (Wildman–Crippen MR) is 260 cm³/mol. The van der Waals surface area contributed by atoms with Crippen LogP contribution in [0.2, 0.25) is 36.3 Å². The lowest BCUT2D eigenvalue weighted by Crippen LogP contribution is -2.44. The van der Waals surface area contributed by atoms with Crippen LogP contribution in [0.15, 0.2) is 88.3 Å². The zero-order valence-electron chi connectivity index (χ0n) is 40.7. The summed E-state index contributed by atoms with van der Waals surface area (Å²) in [5, 5.41) is 38.6. The molecule has 0 bridgehead atoms. The van der Waals surface area contributed by atoms with E-state index in [2.05, 4.69) is 135 Å². The molecule has 3 rings (SSSR count). The zero-order chi connectivity index (χ0) is 48.1. The van der Waals surface area contributed by atoms with Crippen molar-refractivity contribution >= 4 is 40.3 Å². The molecule has 13 heteroatoms. The van der Waals surface area contributed by atoms with Gasteiger partial charge in [-0.25, -0.2) is 0 Å². The Morgan fingerprint density at radius 2 is 1.42 bits per heavy atom. The topological polar surface area (TPSA) is 166 Å². The Kier molecular flexibility index (Phi) is 18.6. The van der Waals surface area contributed by atoms with Crippen molar-refractivity contribution < 1.29 is 33.0 Å². The molecular weight excluding hydrogens is 837 g/mol. The lowest BCUT2D eigenvalue weighted by Gasteiger charge is -2.38. The van der Waals surface area contributed by atoms with Gasteiger partial charge < -0.3 is 28.3 Å². The van der Waals surface area contributed by atoms with Gasteiger partial charge in [-0.2, -0.15) is 15.8 Å². The number of rotatable bonds is 20. The summed E-state index contributed by atoms with van der Waals surface area (Å²) >= 11 is 0. The first kappa shape index (κ1) is 53.4. The summed E-state index contributed by atoms with van der Waals surface area (Å²) in [6.07, 6.45) is 14.0. The fourth-order valence-electron chi connectivity index (χ4n) is 7.07. The standard InChI is InChI=1S/C51H72N4O7Si2/c1-48(2,3)63(10,11)60-30-27-55(28-31-61-64(12,13)49(4,5)6)42-22-20-38(21-23-42)18-19-40-32-39(33-50(7,8)34-40)16-14-17-44-43(37-54)47(41(35-52)36-53)62-51(44,9)26-15-29-59-46(58)25-24-45(56)57/h14,16-23,32H,15,24-31,33-34H2,1-13H3,(H,56,57)/b17-14+,19-18+,39-16-. The number of carboxylic acids is 1. The maximum absolute atomic E-state index is 12.0. The number of carbonyl (C=O) groups excluding carboxylic acids is 1. The number of nitriles is 3. The second-order valence-corrected chi connectivity index (χ2v) is 30.5. The zero-order valence-corrected chi connectivity index (χ0v) is 42.7. The van der Waals surface area contributed by atoms with Crippen LogP contribution in [0.4, 0.5) is 5.69 Å². The molecule has 0 amide bonds. The Bertz CT molecular complexity index is 2110. The lowest BCUT2D eigenvalue weighted by molar-refractivity contribution is -0.148. The lowest BCUT2D eigenvalue weighted by atomic mass is 9.75. The summed E-state index contributed by atoms with van der Waals surface area (Å²) in [7, 11) is -3.79. The largest absolute Gasteiger partial charge is 0.481 e. The van der Waals surface area contributed by atoms with Crippen molar-refractivity contribution in [3.63, 3.8) is 0 Å². The van der Waals surface area contributed by atoms with E-state index in [0.29, 0.717) is 31.6 Å². The third-order valence-corrected chi connectivity index (χ3v) is 22.0. The molecule has 0 saturated carbocycles. The van der Waals surface area contributed by atoms with E-state index in [9.17, 15) is 25.4 Å². The smallest absolute Gasteiger partial charge is 0.306 e. The van der Waals surface area contributed by atoms with Gasteiger partial charge in [0.2, 0.25) is 0 Å². The number of esters is 1. The van der Waals surface area contributed by atoms with Crippen molar-refractivity contribution in [3.8, 4) is 18.2 Å². The van der Waals surface area contributed by atoms with Crippen molar-refractivity contribution in [2.75, 3.05) is 37.8 Å². The van der Waals surface area contributed by atoms with Gasteiger partial charge in [0.25, 0.3) is 0 Å². The summed E-state index contributed by atoms with van der Waals surface area (Å²) < 4.78 is 24.6. The number of hydrogen-bond acceptors (Lipinski definition) is 10. The number of anilines is 1. The van der Waals surface area contributed by atoms with E-state index in [-0.39, 0.29) is 51.8 Å². The number of aliphatic carboxylic acids is 1. The van der Waals surface area contributed by atoms with E-state index < -0.39 is 34.2 Å². The van der Waals surface area contributed by atoms with E-state index in [4.69, 9.17) is 23.4 Å². The van der Waals surface area contributed by atoms with E-state index in [1.165, 1.54) is 5.57 Å². The molecule has 64 heavy (non-hydrogen) atoms. The maximum Gasteiger partial charge on any atom is 0.306 e. The molecular formula is C51H72N4O7Si2. The van der Waals surface area contributed by atoms with Gasteiger partial charge in [0.15, 0.2) is 28.0 Å². The highest BCUT2D eigenvalue weighted by Gasteiger charge is 2.42. The highest BCUT2D eigenvalue weighted by Crippen LogP contribution is 2.44. The number of hydrogen-bond donors (Lipinski definition) is 1. The molecule has 0 radical (unpaired) electrons. The molecule has 1 aliphatic heterocycles. The highest BCUT2D eigenvalue weighted by molar-refractivity contribution is 6.74. The number of carboxylic acid groups (broad SMARTS) is 1. The van der Waals surface area contributed by atoms with Crippen molar-refractivity contribution in [1.29, 1.82) is 15.8 Å². The summed E-state index contributed by atoms with van der Waals surface area (Å²) in [4.78, 5) is 25.2. The molecule has 1 heterocycles. The van der Waals surface area contributed by atoms with Gasteiger partial charge >= 0.3 is 11.9 Å². The average Bonchev–Trinajstić information content (AvgIpc) is 3.47. The predicted octanol–water partition coefficient (Wildman–Crippen LogP) is 11.9. The molecule has 0 aromatic heterocycles. The second-order valence-electron chi connectivity index (χ2n) is 20.8. The third kappa shape index (κ3) is 15.3. The minimum atomic E-state index is -1.89. The quantitative estimate of drug-likeness (QED) is 0.0572. The molecule has 1 aliphatic carbocycles. The monoisotopic (exact) mass is 908 g/mol. The van der Waals surface area contributed by atoms with Gasteiger partial charge in [-0.15, -0.1) is 0 Å². The van der Waals surface area contributed by atoms with Crippen LogP contribution in [-0.2, 0) is 27.9 Å². The molecule has 2 aliphatic rings. The minimum Gasteiger partial charge on any atom is -0.481 e. The van der Waals surface area contributed by atoms with Crippen molar-refractivity contribution in [1.82, 2.24) is 0 Å².